The van der Waals surface area contributed by atoms with Crippen LogP contribution in [-0.4, -0.2) is 17.6 Å². The Morgan fingerprint density at radius 1 is 1.20 bits per heavy atom. The molecule has 0 atom stereocenters. The van der Waals surface area contributed by atoms with Crippen LogP contribution < -0.4 is 15.4 Å². The van der Waals surface area contributed by atoms with Crippen molar-refractivity contribution in [2.75, 3.05) is 11.9 Å². The summed E-state index contributed by atoms with van der Waals surface area (Å²) in [7, 11) is 0. The van der Waals surface area contributed by atoms with Gasteiger partial charge in [-0.2, -0.15) is 0 Å². The fraction of sp³-hybridized carbons (Fsp3) is 0.176. The predicted molar refractivity (Wildman–Crippen MR) is 110 cm³/mol. The number of rotatable bonds is 5. The smallest absolute Gasteiger partial charge is 0.261 e. The summed E-state index contributed by atoms with van der Waals surface area (Å²) < 4.78 is 6.38. The van der Waals surface area contributed by atoms with Gasteiger partial charge in [0.25, 0.3) is 5.91 Å². The highest BCUT2D eigenvalue weighted by Gasteiger charge is 2.15. The second kappa shape index (κ2) is 9.38. The molecular weight excluding hydrogens is 447 g/mol. The lowest BCUT2D eigenvalue weighted by Gasteiger charge is -2.13. The fourth-order valence-electron chi connectivity index (χ4n) is 1.92. The third-order valence-electron chi connectivity index (χ3n) is 3.05. The molecule has 1 amide bonds. The van der Waals surface area contributed by atoms with Gasteiger partial charge in [-0.1, -0.05) is 46.1 Å². The van der Waals surface area contributed by atoms with Crippen LogP contribution in [0.15, 0.2) is 40.9 Å². The molecule has 0 aliphatic carbocycles. The molecule has 132 valence electrons. The summed E-state index contributed by atoms with van der Waals surface area (Å²) in [4.78, 5) is 12.5. The van der Waals surface area contributed by atoms with Gasteiger partial charge in [0.1, 0.15) is 5.75 Å². The minimum absolute atomic E-state index is 0.143. The van der Waals surface area contributed by atoms with E-state index in [1.54, 1.807) is 30.3 Å². The van der Waals surface area contributed by atoms with Crippen molar-refractivity contribution in [2.45, 2.75) is 13.3 Å². The van der Waals surface area contributed by atoms with Gasteiger partial charge in [-0.3, -0.25) is 10.1 Å². The monoisotopic (exact) mass is 460 g/mol. The molecule has 0 spiro atoms. The first-order chi connectivity index (χ1) is 11.9. The van der Waals surface area contributed by atoms with Gasteiger partial charge < -0.3 is 10.1 Å². The number of carbonyl (C=O) groups excluding carboxylic acids is 1. The van der Waals surface area contributed by atoms with E-state index in [0.717, 1.165) is 10.9 Å². The molecule has 0 radical (unpaired) electrons. The third-order valence-corrected chi connectivity index (χ3v) is 4.49. The van der Waals surface area contributed by atoms with Crippen molar-refractivity contribution in [3.05, 3.63) is 56.5 Å². The van der Waals surface area contributed by atoms with Gasteiger partial charge in [0.2, 0.25) is 0 Å². The lowest BCUT2D eigenvalue weighted by atomic mass is 10.2. The molecule has 0 saturated carbocycles. The minimum atomic E-state index is -0.370. The van der Waals surface area contributed by atoms with Crippen LogP contribution in [0.25, 0.3) is 0 Å². The van der Waals surface area contributed by atoms with Crippen LogP contribution in [0.4, 0.5) is 5.69 Å². The zero-order valence-electron chi connectivity index (χ0n) is 13.2. The minimum Gasteiger partial charge on any atom is -0.493 e. The molecular formula is C17H15BrCl2N2O2S. The molecule has 0 heterocycles. The molecule has 8 heteroatoms. The fourth-order valence-corrected chi connectivity index (χ4v) is 2.79. The van der Waals surface area contributed by atoms with E-state index in [9.17, 15) is 4.79 Å². The Bertz CT molecular complexity index is 802. The summed E-state index contributed by atoms with van der Waals surface area (Å²) in [6, 6.07) is 10.2. The average molecular weight is 462 g/mol. The number of amides is 1. The first-order valence-electron chi connectivity index (χ1n) is 7.40. The van der Waals surface area contributed by atoms with E-state index < -0.39 is 0 Å². The molecule has 0 saturated heterocycles. The summed E-state index contributed by atoms with van der Waals surface area (Å²) in [6.07, 6.45) is 0.842. The summed E-state index contributed by atoms with van der Waals surface area (Å²) >= 11 is 20.4. The molecule has 0 unspecified atom stereocenters. The Morgan fingerprint density at radius 3 is 2.64 bits per heavy atom. The zero-order valence-corrected chi connectivity index (χ0v) is 17.2. The number of halogens is 3. The number of benzene rings is 2. The van der Waals surface area contributed by atoms with Crippen molar-refractivity contribution < 1.29 is 9.53 Å². The van der Waals surface area contributed by atoms with Gasteiger partial charge >= 0.3 is 0 Å². The summed E-state index contributed by atoms with van der Waals surface area (Å²) in [5.41, 5.74) is 1.01. The van der Waals surface area contributed by atoms with Gasteiger partial charge in [0.15, 0.2) is 5.11 Å². The number of ether oxygens (including phenoxy) is 1. The second-order valence-corrected chi connectivity index (χ2v) is 7.16. The molecule has 2 aromatic rings. The average Bonchev–Trinajstić information content (AvgIpc) is 2.57. The molecule has 2 N–H and O–H groups in total. The second-order valence-electron chi connectivity index (χ2n) is 5.03. The van der Waals surface area contributed by atoms with Crippen LogP contribution in [0.1, 0.15) is 23.7 Å². The molecule has 0 aliphatic heterocycles. The van der Waals surface area contributed by atoms with E-state index >= 15 is 0 Å². The number of hydrogen-bond acceptors (Lipinski definition) is 3. The predicted octanol–water partition coefficient (Wildman–Crippen LogP) is 5.67. The number of carbonyl (C=O) groups is 1. The van der Waals surface area contributed by atoms with Crippen molar-refractivity contribution in [3.8, 4) is 5.75 Å². The SMILES string of the molecule is CCCOc1ccc(Br)cc1C(=O)NC(=S)Nc1ccc(Cl)c(Cl)c1. The summed E-state index contributed by atoms with van der Waals surface area (Å²) in [5.74, 6) is 0.129. The van der Waals surface area contributed by atoms with E-state index in [-0.39, 0.29) is 11.0 Å². The zero-order chi connectivity index (χ0) is 18.4. The van der Waals surface area contributed by atoms with Gasteiger partial charge in [-0.25, -0.2) is 0 Å². The molecule has 0 fully saturated rings. The van der Waals surface area contributed by atoms with Crippen molar-refractivity contribution in [1.82, 2.24) is 5.32 Å². The molecule has 25 heavy (non-hydrogen) atoms. The highest BCUT2D eigenvalue weighted by Crippen LogP contribution is 2.25. The Labute approximate surface area is 170 Å². The largest absolute Gasteiger partial charge is 0.493 e. The molecule has 2 aromatic carbocycles. The maximum Gasteiger partial charge on any atom is 0.261 e. The standard InChI is InChI=1S/C17H15BrCl2N2O2S/c1-2-7-24-15-6-3-10(18)8-12(15)16(23)22-17(25)21-11-4-5-13(19)14(20)9-11/h3-6,8-9H,2,7H2,1H3,(H2,21,22,23,25). The first-order valence-corrected chi connectivity index (χ1v) is 9.36. The van der Waals surface area contributed by atoms with Crippen LogP contribution in [0.5, 0.6) is 5.75 Å². The van der Waals surface area contributed by atoms with Gasteiger partial charge in [0, 0.05) is 10.2 Å². The lowest BCUT2D eigenvalue weighted by molar-refractivity contribution is 0.0973. The number of hydrogen-bond donors (Lipinski definition) is 2. The van der Waals surface area contributed by atoms with Crippen molar-refractivity contribution >= 4 is 68.1 Å². The number of nitrogens with one attached hydrogen (secondary N) is 2. The van der Waals surface area contributed by atoms with Crippen molar-refractivity contribution in [3.63, 3.8) is 0 Å². The van der Waals surface area contributed by atoms with Crippen LogP contribution in [0.2, 0.25) is 10.0 Å². The van der Waals surface area contributed by atoms with Crippen LogP contribution >= 0.6 is 51.3 Å². The van der Waals surface area contributed by atoms with Crippen molar-refractivity contribution in [2.24, 2.45) is 0 Å². The molecule has 4 nitrogen and oxygen atoms in total. The van der Waals surface area contributed by atoms with Gasteiger partial charge in [-0.05, 0) is 55.0 Å². The van der Waals surface area contributed by atoms with E-state index in [2.05, 4.69) is 26.6 Å². The van der Waals surface area contributed by atoms with Gasteiger partial charge in [0.05, 0.1) is 22.2 Å². The highest BCUT2D eigenvalue weighted by molar-refractivity contribution is 9.10. The van der Waals surface area contributed by atoms with E-state index in [1.807, 2.05) is 13.0 Å². The van der Waals surface area contributed by atoms with Crippen molar-refractivity contribution in [1.29, 1.82) is 0 Å². The van der Waals surface area contributed by atoms with Crippen LogP contribution in [0, 0.1) is 0 Å². The summed E-state index contributed by atoms with van der Waals surface area (Å²) in [5, 5.41) is 6.49. The Morgan fingerprint density at radius 2 is 1.96 bits per heavy atom. The number of anilines is 1. The topological polar surface area (TPSA) is 50.4 Å². The Hall–Kier alpha value is -1.34. The molecule has 0 aliphatic rings. The molecule has 2 rings (SSSR count). The Kier molecular flexibility index (Phi) is 7.50. The Balaban J connectivity index is 2.09. The quantitative estimate of drug-likeness (QED) is 0.563. The normalized spacial score (nSPS) is 10.2. The number of thiocarbonyl (C=S) groups is 1. The third kappa shape index (κ3) is 5.85. The van der Waals surface area contributed by atoms with Crippen LogP contribution in [-0.2, 0) is 0 Å². The highest BCUT2D eigenvalue weighted by atomic mass is 79.9. The molecule has 0 aromatic heterocycles. The maximum atomic E-state index is 12.5. The summed E-state index contributed by atoms with van der Waals surface area (Å²) in [6.45, 7) is 2.52. The van der Waals surface area contributed by atoms with E-state index in [4.69, 9.17) is 40.2 Å². The van der Waals surface area contributed by atoms with E-state index in [1.165, 1.54) is 0 Å². The van der Waals surface area contributed by atoms with Crippen LogP contribution in [0.3, 0.4) is 0 Å². The first kappa shape index (κ1) is 20.0. The molecule has 0 bridgehead atoms. The lowest BCUT2D eigenvalue weighted by Crippen LogP contribution is -2.34. The van der Waals surface area contributed by atoms with E-state index in [0.29, 0.717) is 33.7 Å². The maximum absolute atomic E-state index is 12.5. The van der Waals surface area contributed by atoms with Gasteiger partial charge in [-0.15, -0.1) is 0 Å².